The average molecular weight is 391 g/mol. The van der Waals surface area contributed by atoms with E-state index < -0.39 is 22.0 Å². The van der Waals surface area contributed by atoms with Crippen molar-refractivity contribution in [2.75, 3.05) is 0 Å². The van der Waals surface area contributed by atoms with Crippen LogP contribution in [0.4, 0.5) is 0 Å². The van der Waals surface area contributed by atoms with Gasteiger partial charge in [0.25, 0.3) is 11.1 Å². The molecule has 7 heteroatoms. The molecule has 0 aliphatic heterocycles. The summed E-state index contributed by atoms with van der Waals surface area (Å²) in [5.41, 5.74) is -1.23. The second kappa shape index (κ2) is 5.50. The van der Waals surface area contributed by atoms with Crippen molar-refractivity contribution in [2.45, 2.75) is 6.92 Å². The summed E-state index contributed by atoms with van der Waals surface area (Å²) in [6.07, 6.45) is 0. The highest BCUT2D eigenvalue weighted by atomic mass is 35.5. The Hall–Kier alpha value is -3.51. The molecule has 0 saturated heterocycles. The van der Waals surface area contributed by atoms with Gasteiger partial charge >= 0.3 is 0 Å². The molecule has 0 atom stereocenters. The number of fused-ring (bicyclic) bond motifs is 7. The monoisotopic (exact) mass is 390 g/mol. The molecule has 0 spiro atoms. The molecular weight excluding hydrogens is 380 g/mol. The predicted octanol–water partition coefficient (Wildman–Crippen LogP) is 2.34. The third-order valence-corrected chi connectivity index (χ3v) is 5.36. The molecule has 0 amide bonds. The molecule has 28 heavy (non-hydrogen) atoms. The molecule has 0 aliphatic rings. The Labute approximate surface area is 160 Å². The van der Waals surface area contributed by atoms with Crippen molar-refractivity contribution in [2.24, 2.45) is 0 Å². The third kappa shape index (κ3) is 1.92. The van der Waals surface area contributed by atoms with Gasteiger partial charge in [0.1, 0.15) is 5.52 Å². The van der Waals surface area contributed by atoms with Crippen molar-refractivity contribution >= 4 is 44.2 Å². The lowest BCUT2D eigenvalue weighted by Crippen LogP contribution is -2.34. The number of rotatable bonds is 0. The summed E-state index contributed by atoms with van der Waals surface area (Å²) in [6.45, 7) is 1.77. The highest BCUT2D eigenvalue weighted by molar-refractivity contribution is 6.31. The minimum atomic E-state index is -0.600. The summed E-state index contributed by atoms with van der Waals surface area (Å²) in [5, 5.41) is 0.629. The summed E-state index contributed by atoms with van der Waals surface area (Å²) >= 11 is 5.98. The van der Waals surface area contributed by atoms with Crippen LogP contribution in [0.5, 0.6) is 0 Å². The Bertz CT molecular complexity index is 1720. The molecule has 6 nitrogen and oxygen atoms in total. The van der Waals surface area contributed by atoms with E-state index in [1.165, 1.54) is 10.6 Å². The van der Waals surface area contributed by atoms with Crippen LogP contribution in [0.15, 0.2) is 67.7 Å². The van der Waals surface area contributed by atoms with Gasteiger partial charge in [-0.2, -0.15) is 0 Å². The van der Waals surface area contributed by atoms with Crippen molar-refractivity contribution in [3.05, 3.63) is 100 Å². The molecule has 0 aliphatic carbocycles. The zero-order chi connectivity index (χ0) is 19.7. The van der Waals surface area contributed by atoms with Crippen molar-refractivity contribution < 1.29 is 0 Å². The quantitative estimate of drug-likeness (QED) is 0.300. The van der Waals surface area contributed by atoms with Gasteiger partial charge in [0.15, 0.2) is 0 Å². The number of aromatic nitrogens is 2. The van der Waals surface area contributed by atoms with Crippen molar-refractivity contribution in [3.63, 3.8) is 0 Å². The van der Waals surface area contributed by atoms with Gasteiger partial charge in [-0.1, -0.05) is 41.9 Å². The standard InChI is InChI=1S/C21H11ClN2O4/c1-10-5-4-8-13-16-18(15(25)9-14(22)19(16)26)24-21(28)12-7-3-2-6-11(12)20(27)23(24)17(10)13/h2-9H,1H3. The summed E-state index contributed by atoms with van der Waals surface area (Å²) < 4.78 is 2.20. The van der Waals surface area contributed by atoms with Gasteiger partial charge in [-0.25, -0.2) is 9.03 Å². The minimum Gasteiger partial charge on any atom is -0.287 e. The van der Waals surface area contributed by atoms with E-state index in [0.717, 1.165) is 10.6 Å². The fourth-order valence-electron chi connectivity index (χ4n) is 3.87. The molecule has 0 fully saturated rings. The van der Waals surface area contributed by atoms with Crippen molar-refractivity contribution in [1.29, 1.82) is 0 Å². The fourth-order valence-corrected chi connectivity index (χ4v) is 4.06. The van der Waals surface area contributed by atoms with E-state index >= 15 is 0 Å². The molecule has 0 radical (unpaired) electrons. The Morgan fingerprint density at radius 3 is 1.96 bits per heavy atom. The summed E-state index contributed by atoms with van der Waals surface area (Å²) in [6, 6.07) is 12.5. The number of aryl methyl sites for hydroxylation is 1. The van der Waals surface area contributed by atoms with E-state index in [9.17, 15) is 19.2 Å². The Balaban J connectivity index is 2.40. The first-order valence-electron chi connectivity index (χ1n) is 8.50. The molecular formula is C21H11ClN2O4. The van der Waals surface area contributed by atoms with Crippen LogP contribution in [0.1, 0.15) is 5.56 Å². The number of halogens is 1. The van der Waals surface area contributed by atoms with E-state index in [2.05, 4.69) is 0 Å². The van der Waals surface area contributed by atoms with Gasteiger partial charge in [-0.3, -0.25) is 19.2 Å². The first kappa shape index (κ1) is 16.6. The fraction of sp³-hybridized carbons (Fsp3) is 0.0476. The Morgan fingerprint density at radius 1 is 0.750 bits per heavy atom. The predicted molar refractivity (Wildman–Crippen MR) is 109 cm³/mol. The number of hydrogen-bond acceptors (Lipinski definition) is 4. The van der Waals surface area contributed by atoms with Gasteiger partial charge < -0.3 is 0 Å². The molecule has 136 valence electrons. The minimum absolute atomic E-state index is 0.0352. The van der Waals surface area contributed by atoms with E-state index in [4.69, 9.17) is 11.6 Å². The van der Waals surface area contributed by atoms with Crippen LogP contribution in [-0.2, 0) is 0 Å². The number of benzene rings is 3. The second-order valence-corrected chi connectivity index (χ2v) is 7.07. The second-order valence-electron chi connectivity index (χ2n) is 6.66. The van der Waals surface area contributed by atoms with Crippen molar-refractivity contribution in [3.8, 4) is 0 Å². The largest absolute Gasteiger partial charge is 0.287 e. The molecule has 5 rings (SSSR count). The number of nitrogens with zero attached hydrogens (tertiary/aromatic N) is 2. The molecule has 0 saturated carbocycles. The maximum absolute atomic E-state index is 13.3. The smallest absolute Gasteiger partial charge is 0.278 e. The molecule has 3 aromatic carbocycles. The van der Waals surface area contributed by atoms with Crippen LogP contribution in [0.25, 0.3) is 32.6 Å². The first-order chi connectivity index (χ1) is 13.4. The average Bonchev–Trinajstić information content (AvgIpc) is 2.69. The zero-order valence-corrected chi connectivity index (χ0v) is 15.3. The van der Waals surface area contributed by atoms with Crippen LogP contribution in [0.2, 0.25) is 5.02 Å². The van der Waals surface area contributed by atoms with Gasteiger partial charge in [0.2, 0.25) is 10.9 Å². The Kier molecular flexibility index (Phi) is 3.27. The highest BCUT2D eigenvalue weighted by Gasteiger charge is 2.20. The molecule has 2 aromatic heterocycles. The highest BCUT2D eigenvalue weighted by Crippen LogP contribution is 2.23. The summed E-state index contributed by atoms with van der Waals surface area (Å²) in [4.78, 5) is 52.2. The van der Waals surface area contributed by atoms with E-state index in [0.29, 0.717) is 16.5 Å². The maximum Gasteiger partial charge on any atom is 0.278 e. The summed E-state index contributed by atoms with van der Waals surface area (Å²) in [7, 11) is 0. The lowest BCUT2D eigenvalue weighted by Gasteiger charge is -2.14. The third-order valence-electron chi connectivity index (χ3n) is 5.08. The maximum atomic E-state index is 13.3. The van der Waals surface area contributed by atoms with Crippen molar-refractivity contribution in [1.82, 2.24) is 9.03 Å². The first-order valence-corrected chi connectivity index (χ1v) is 8.88. The lowest BCUT2D eigenvalue weighted by atomic mass is 10.1. The van der Waals surface area contributed by atoms with E-state index in [-0.39, 0.29) is 26.7 Å². The molecule has 0 bridgehead atoms. The zero-order valence-electron chi connectivity index (χ0n) is 14.5. The van der Waals surface area contributed by atoms with Crippen LogP contribution >= 0.6 is 11.6 Å². The van der Waals surface area contributed by atoms with Crippen LogP contribution in [0.3, 0.4) is 0 Å². The van der Waals surface area contributed by atoms with Crippen LogP contribution in [0, 0.1) is 6.92 Å². The number of hydrogen-bond donors (Lipinski definition) is 0. The van der Waals surface area contributed by atoms with E-state index in [1.807, 2.05) is 0 Å². The van der Waals surface area contributed by atoms with Gasteiger partial charge in [-0.05, 0) is 24.6 Å². The molecule has 5 aromatic rings. The SMILES string of the molecule is Cc1cccc2c3c(=O)c(Cl)cc(=O)c3n3c(=O)c4ccccc4c(=O)n3c12. The Morgan fingerprint density at radius 2 is 1.32 bits per heavy atom. The van der Waals surface area contributed by atoms with Crippen LogP contribution < -0.4 is 22.0 Å². The molecule has 0 N–H and O–H groups in total. The van der Waals surface area contributed by atoms with Gasteiger partial charge in [0.05, 0.1) is 26.7 Å². The van der Waals surface area contributed by atoms with Gasteiger partial charge in [0, 0.05) is 11.5 Å². The topological polar surface area (TPSA) is 77.1 Å². The molecule has 2 heterocycles. The van der Waals surface area contributed by atoms with Gasteiger partial charge in [-0.15, -0.1) is 0 Å². The number of para-hydroxylation sites is 1. The normalized spacial score (nSPS) is 11.8. The van der Waals surface area contributed by atoms with Crippen LogP contribution in [-0.4, -0.2) is 9.03 Å². The lowest BCUT2D eigenvalue weighted by molar-refractivity contribution is 0.796. The summed E-state index contributed by atoms with van der Waals surface area (Å²) in [5.74, 6) is 0. The molecule has 0 unspecified atom stereocenters. The van der Waals surface area contributed by atoms with E-state index in [1.54, 1.807) is 43.3 Å².